The first kappa shape index (κ1) is 21.3. The van der Waals surface area contributed by atoms with E-state index in [1.165, 1.54) is 0 Å². The van der Waals surface area contributed by atoms with E-state index in [9.17, 15) is 10.5 Å². The Hall–Kier alpha value is -3.95. The summed E-state index contributed by atoms with van der Waals surface area (Å²) in [4.78, 5) is 11.5. The van der Waals surface area contributed by atoms with Gasteiger partial charge < -0.3 is 15.0 Å². The minimum atomic E-state index is 0.250. The number of nitriles is 2. The number of aromatic nitrogens is 2. The molecule has 4 rings (SSSR count). The number of nitrogens with one attached hydrogen (secondary N) is 1. The van der Waals surface area contributed by atoms with E-state index in [-0.39, 0.29) is 10.2 Å². The van der Waals surface area contributed by atoms with Gasteiger partial charge in [0.2, 0.25) is 0 Å². The van der Waals surface area contributed by atoms with Gasteiger partial charge in [0.15, 0.2) is 5.82 Å². The number of amidine groups is 1. The van der Waals surface area contributed by atoms with Gasteiger partial charge in [-0.3, -0.25) is 4.57 Å². The molecule has 3 aromatic rings. The molecule has 0 unspecified atom stereocenters. The summed E-state index contributed by atoms with van der Waals surface area (Å²) < 4.78 is 7.31. The van der Waals surface area contributed by atoms with Crippen molar-refractivity contribution >= 4 is 46.3 Å². The van der Waals surface area contributed by atoms with Crippen LogP contribution in [-0.4, -0.2) is 35.6 Å². The first-order chi connectivity index (χ1) is 15.5. The van der Waals surface area contributed by atoms with Gasteiger partial charge in [0.25, 0.3) is 0 Å². The Morgan fingerprint density at radius 1 is 1.09 bits per heavy atom. The summed E-state index contributed by atoms with van der Waals surface area (Å²) in [5, 5.41) is 24.5. The van der Waals surface area contributed by atoms with Crippen molar-refractivity contribution in [2.24, 2.45) is 4.99 Å². The summed E-state index contributed by atoms with van der Waals surface area (Å²) in [5.74, 6) is 2.96. The number of hydrogen-bond donors (Lipinski definition) is 1. The van der Waals surface area contributed by atoms with Crippen LogP contribution >= 0.6 is 12.2 Å². The lowest BCUT2D eigenvalue weighted by Gasteiger charge is -2.27. The van der Waals surface area contributed by atoms with Gasteiger partial charge in [-0.15, -0.1) is 0 Å². The summed E-state index contributed by atoms with van der Waals surface area (Å²) in [6, 6.07) is 11.9. The summed E-state index contributed by atoms with van der Waals surface area (Å²) in [6.07, 6.45) is 0. The molecule has 1 aliphatic heterocycles. The smallest absolute Gasteiger partial charge is 0.152 e. The van der Waals surface area contributed by atoms with Crippen LogP contribution in [0.5, 0.6) is 5.75 Å². The molecule has 9 heteroatoms. The number of anilines is 2. The van der Waals surface area contributed by atoms with Crippen LogP contribution in [0.4, 0.5) is 17.5 Å². The quantitative estimate of drug-likeness (QED) is 0.564. The molecule has 8 nitrogen and oxygen atoms in total. The molecule has 2 aromatic heterocycles. The summed E-state index contributed by atoms with van der Waals surface area (Å²) in [5.41, 5.74) is 1.31. The summed E-state index contributed by atoms with van der Waals surface area (Å²) in [6.45, 7) is 7.18. The molecule has 1 N–H and O–H groups in total. The minimum Gasteiger partial charge on any atom is -0.497 e. The van der Waals surface area contributed by atoms with Crippen molar-refractivity contribution in [1.82, 2.24) is 9.55 Å². The van der Waals surface area contributed by atoms with Crippen LogP contribution in [0.15, 0.2) is 29.3 Å². The zero-order chi connectivity index (χ0) is 23.0. The SMILES string of the molecule is CCN(CC)c1nc2c3c(n(-c4ccc(OC)cc4)c(=S)c(C#N)c3c1C#N)N=C(C)N2. The number of pyridine rings is 2. The summed E-state index contributed by atoms with van der Waals surface area (Å²) >= 11 is 5.77. The van der Waals surface area contributed by atoms with Crippen molar-refractivity contribution < 1.29 is 4.74 Å². The molecule has 1 aliphatic rings. The number of nitrogens with zero attached hydrogens (tertiary/aromatic N) is 6. The third kappa shape index (κ3) is 3.15. The molecular weight excluding hydrogens is 422 g/mol. The number of benzene rings is 1. The molecule has 0 saturated carbocycles. The number of rotatable bonds is 5. The third-order valence-corrected chi connectivity index (χ3v) is 5.86. The highest BCUT2D eigenvalue weighted by molar-refractivity contribution is 7.71. The molecule has 0 aliphatic carbocycles. The average molecular weight is 444 g/mol. The Bertz CT molecular complexity index is 1400. The van der Waals surface area contributed by atoms with Crippen molar-refractivity contribution in [2.45, 2.75) is 20.8 Å². The van der Waals surface area contributed by atoms with Crippen LogP contribution in [0.3, 0.4) is 0 Å². The maximum Gasteiger partial charge on any atom is 0.152 e. The van der Waals surface area contributed by atoms with Crippen molar-refractivity contribution in [3.05, 3.63) is 40.0 Å². The molecule has 1 aromatic carbocycles. The van der Waals surface area contributed by atoms with E-state index >= 15 is 0 Å². The maximum atomic E-state index is 10.1. The third-order valence-electron chi connectivity index (χ3n) is 5.47. The normalized spacial score (nSPS) is 11.9. The van der Waals surface area contributed by atoms with Gasteiger partial charge in [-0.2, -0.15) is 10.5 Å². The standard InChI is InChI=1S/C23H21N7OS/c1-5-29(6-2)21-16(11-24)18-17(12-25)23(32)30(14-7-9-15(31-4)10-8-14)22-19(18)20(28-21)26-13(3)27-22/h7-10H,5-6H2,1-4H3,(H,26,27,28). The summed E-state index contributed by atoms with van der Waals surface area (Å²) in [7, 11) is 1.60. The molecule has 0 atom stereocenters. The van der Waals surface area contributed by atoms with Crippen LogP contribution in [0.25, 0.3) is 16.5 Å². The van der Waals surface area contributed by atoms with Crippen molar-refractivity contribution in [3.63, 3.8) is 0 Å². The number of aliphatic imine (C=N–C) groups is 1. The highest BCUT2D eigenvalue weighted by Crippen LogP contribution is 2.43. The van der Waals surface area contributed by atoms with Crippen LogP contribution in [0.2, 0.25) is 0 Å². The monoisotopic (exact) mass is 443 g/mol. The molecule has 0 saturated heterocycles. The molecule has 0 amide bonds. The van der Waals surface area contributed by atoms with E-state index in [2.05, 4.69) is 17.5 Å². The average Bonchev–Trinajstić information content (AvgIpc) is 2.80. The topological polar surface area (TPSA) is 102 Å². The number of hydrogen-bond acceptors (Lipinski definition) is 8. The Morgan fingerprint density at radius 3 is 2.31 bits per heavy atom. The van der Waals surface area contributed by atoms with Gasteiger partial charge in [-0.1, -0.05) is 12.2 Å². The lowest BCUT2D eigenvalue weighted by atomic mass is 10.0. The second-order valence-electron chi connectivity index (χ2n) is 7.16. The van der Waals surface area contributed by atoms with E-state index < -0.39 is 0 Å². The first-order valence-electron chi connectivity index (χ1n) is 10.2. The molecule has 0 fully saturated rings. The number of methoxy groups -OCH3 is 1. The first-order valence-corrected chi connectivity index (χ1v) is 10.6. The van der Waals surface area contributed by atoms with E-state index in [1.807, 2.05) is 49.9 Å². The zero-order valence-electron chi connectivity index (χ0n) is 18.2. The fourth-order valence-electron chi connectivity index (χ4n) is 3.95. The van der Waals surface area contributed by atoms with E-state index in [1.54, 1.807) is 11.7 Å². The van der Waals surface area contributed by atoms with Crippen molar-refractivity contribution in [2.75, 3.05) is 30.4 Å². The predicted molar refractivity (Wildman–Crippen MR) is 128 cm³/mol. The Morgan fingerprint density at radius 2 is 1.75 bits per heavy atom. The van der Waals surface area contributed by atoms with Gasteiger partial charge in [0, 0.05) is 24.2 Å². The van der Waals surface area contributed by atoms with Gasteiger partial charge in [-0.05, 0) is 45.0 Å². The molecular formula is C23H21N7OS. The van der Waals surface area contributed by atoms with Crippen LogP contribution < -0.4 is 15.0 Å². The minimum absolute atomic E-state index is 0.250. The molecule has 3 heterocycles. The largest absolute Gasteiger partial charge is 0.497 e. The Balaban J connectivity index is 2.21. The second-order valence-corrected chi connectivity index (χ2v) is 7.55. The van der Waals surface area contributed by atoms with E-state index in [0.29, 0.717) is 58.5 Å². The van der Waals surface area contributed by atoms with Crippen molar-refractivity contribution in [3.8, 4) is 23.6 Å². The van der Waals surface area contributed by atoms with E-state index in [0.717, 1.165) is 5.69 Å². The van der Waals surface area contributed by atoms with Gasteiger partial charge in [0.05, 0.1) is 18.1 Å². The fourth-order valence-corrected chi connectivity index (χ4v) is 4.29. The van der Waals surface area contributed by atoms with Crippen molar-refractivity contribution in [1.29, 1.82) is 10.5 Å². The lowest BCUT2D eigenvalue weighted by Crippen LogP contribution is -2.26. The zero-order valence-corrected chi connectivity index (χ0v) is 19.0. The Kier molecular flexibility index (Phi) is 5.52. The van der Waals surface area contributed by atoms with E-state index in [4.69, 9.17) is 26.9 Å². The molecule has 0 bridgehead atoms. The molecule has 0 radical (unpaired) electrons. The van der Waals surface area contributed by atoms with Crippen LogP contribution in [-0.2, 0) is 0 Å². The highest BCUT2D eigenvalue weighted by atomic mass is 32.1. The molecule has 32 heavy (non-hydrogen) atoms. The Labute approximate surface area is 191 Å². The maximum absolute atomic E-state index is 10.1. The van der Waals surface area contributed by atoms with Crippen LogP contribution in [0.1, 0.15) is 31.9 Å². The molecule has 0 spiro atoms. The second kappa shape index (κ2) is 8.29. The fraction of sp³-hybridized carbons (Fsp3) is 0.261. The van der Waals surface area contributed by atoms with Gasteiger partial charge in [-0.25, -0.2) is 9.98 Å². The highest BCUT2D eigenvalue weighted by Gasteiger charge is 2.28. The number of ether oxygens (including phenoxy) is 1. The van der Waals surface area contributed by atoms with Gasteiger partial charge >= 0.3 is 0 Å². The predicted octanol–water partition coefficient (Wildman–Crippen LogP) is 4.83. The lowest BCUT2D eigenvalue weighted by molar-refractivity contribution is 0.414. The van der Waals surface area contributed by atoms with Gasteiger partial charge in [0.1, 0.15) is 45.6 Å². The van der Waals surface area contributed by atoms with Crippen LogP contribution in [0, 0.1) is 27.3 Å². The molecule has 160 valence electrons.